The van der Waals surface area contributed by atoms with Crippen LogP contribution in [0, 0.1) is 6.92 Å². The van der Waals surface area contributed by atoms with Crippen LogP contribution in [0.2, 0.25) is 10.0 Å². The van der Waals surface area contributed by atoms with Crippen molar-refractivity contribution in [3.63, 3.8) is 0 Å². The molecule has 0 bridgehead atoms. The molecule has 0 aliphatic rings. The van der Waals surface area contributed by atoms with Crippen molar-refractivity contribution < 1.29 is 31.5 Å². The first-order valence-electron chi connectivity index (χ1n) is 8.43. The molecule has 0 aromatic heterocycles. The molecule has 0 saturated heterocycles. The van der Waals surface area contributed by atoms with Gasteiger partial charge in [0.15, 0.2) is 0 Å². The number of hydrogen-bond donors (Lipinski definition) is 2. The first-order chi connectivity index (χ1) is 13.5. The van der Waals surface area contributed by atoms with Gasteiger partial charge in [-0.15, -0.1) is 0 Å². The highest BCUT2D eigenvalue weighted by molar-refractivity contribution is 7.92. The van der Waals surface area contributed by atoms with Gasteiger partial charge in [-0.2, -0.15) is 13.2 Å². The first kappa shape index (κ1) is 24.3. The number of amides is 1. The highest BCUT2D eigenvalue weighted by Crippen LogP contribution is 2.39. The molecule has 0 atom stereocenters. The molecule has 0 saturated carbocycles. The molecule has 2 rings (SSSR count). The maximum Gasteiger partial charge on any atom is 0.501 e. The Morgan fingerprint density at radius 1 is 1.07 bits per heavy atom. The molecule has 0 unspecified atom stereocenters. The molecule has 0 fully saturated rings. The van der Waals surface area contributed by atoms with E-state index in [1.165, 1.54) is 6.92 Å². The third-order valence-corrected chi connectivity index (χ3v) is 6.68. The minimum absolute atomic E-state index is 0.0674. The van der Waals surface area contributed by atoms with Crippen molar-refractivity contribution >= 4 is 44.6 Å². The summed E-state index contributed by atoms with van der Waals surface area (Å²) < 4.78 is 61.3. The second-order valence-corrected chi connectivity index (χ2v) is 10.3. The molecule has 0 heterocycles. The fourth-order valence-electron chi connectivity index (χ4n) is 2.70. The van der Waals surface area contributed by atoms with Gasteiger partial charge in [0, 0.05) is 16.3 Å². The topological polar surface area (TPSA) is 83.5 Å². The van der Waals surface area contributed by atoms with Gasteiger partial charge in [-0.25, -0.2) is 8.42 Å². The van der Waals surface area contributed by atoms with Gasteiger partial charge in [-0.05, 0) is 42.2 Å². The van der Waals surface area contributed by atoms with E-state index in [9.17, 15) is 31.5 Å². The molecule has 2 N–H and O–H groups in total. The van der Waals surface area contributed by atoms with E-state index in [-0.39, 0.29) is 22.0 Å². The number of halogens is 5. The van der Waals surface area contributed by atoms with Gasteiger partial charge in [0.25, 0.3) is 15.7 Å². The zero-order valence-corrected chi connectivity index (χ0v) is 18.6. The zero-order chi connectivity index (χ0) is 23.2. The summed E-state index contributed by atoms with van der Waals surface area (Å²) in [5.74, 6) is -1.08. The molecule has 1 amide bonds. The Morgan fingerprint density at radius 2 is 1.63 bits per heavy atom. The number of rotatable bonds is 3. The van der Waals surface area contributed by atoms with Crippen molar-refractivity contribution in [3.05, 3.63) is 51.0 Å². The normalized spacial score (nSPS) is 12.7. The molecule has 30 heavy (non-hydrogen) atoms. The lowest BCUT2D eigenvalue weighted by Gasteiger charge is -2.23. The summed E-state index contributed by atoms with van der Waals surface area (Å²) in [6.45, 7) is 6.97. The average Bonchev–Trinajstić information content (AvgIpc) is 2.56. The van der Waals surface area contributed by atoms with Crippen LogP contribution in [0.1, 0.15) is 42.3 Å². The number of sulfone groups is 1. The van der Waals surface area contributed by atoms with Gasteiger partial charge in [0.1, 0.15) is 5.75 Å². The number of phenolic OH excluding ortho intramolecular Hbond substituents is 1. The summed E-state index contributed by atoms with van der Waals surface area (Å²) in [6, 6.07) is 4.03. The molecular formula is C19H18Cl2F3NO4S. The SMILES string of the molecule is Cc1c(Cl)cc(C(C)(C)C)c(O)c1C(=O)Nc1ccc(S(=O)(=O)C(F)(F)F)c(Cl)c1. The molecule has 0 radical (unpaired) electrons. The van der Waals surface area contributed by atoms with Gasteiger partial charge in [0.2, 0.25) is 0 Å². The van der Waals surface area contributed by atoms with Gasteiger partial charge in [-0.3, -0.25) is 4.79 Å². The second kappa shape index (κ2) is 7.94. The number of alkyl halides is 3. The second-order valence-electron chi connectivity index (χ2n) is 7.55. The Hall–Kier alpha value is -1.97. The van der Waals surface area contributed by atoms with Crippen LogP contribution >= 0.6 is 23.2 Å². The summed E-state index contributed by atoms with van der Waals surface area (Å²) in [7, 11) is -5.65. The monoisotopic (exact) mass is 483 g/mol. The Labute approximate surface area is 181 Å². The number of carbonyl (C=O) groups is 1. The van der Waals surface area contributed by atoms with Crippen LogP contribution in [0.15, 0.2) is 29.2 Å². The van der Waals surface area contributed by atoms with Gasteiger partial charge < -0.3 is 10.4 Å². The van der Waals surface area contributed by atoms with Crippen LogP contribution in [0.4, 0.5) is 18.9 Å². The number of anilines is 1. The Morgan fingerprint density at radius 3 is 2.10 bits per heavy atom. The Balaban J connectivity index is 2.48. The van der Waals surface area contributed by atoms with Gasteiger partial charge >= 0.3 is 5.51 Å². The average molecular weight is 484 g/mol. The lowest BCUT2D eigenvalue weighted by molar-refractivity contribution is -0.0436. The van der Waals surface area contributed by atoms with Gasteiger partial charge in [0.05, 0.1) is 15.5 Å². The smallest absolute Gasteiger partial charge is 0.501 e. The minimum Gasteiger partial charge on any atom is -0.507 e. The quantitative estimate of drug-likeness (QED) is 0.573. The molecule has 0 spiro atoms. The number of benzene rings is 2. The minimum atomic E-state index is -5.65. The van der Waals surface area contributed by atoms with E-state index in [4.69, 9.17) is 23.2 Å². The molecular weight excluding hydrogens is 466 g/mol. The van der Waals surface area contributed by atoms with Crippen LogP contribution in [0.5, 0.6) is 5.75 Å². The fraction of sp³-hybridized carbons (Fsp3) is 0.316. The largest absolute Gasteiger partial charge is 0.507 e. The maximum atomic E-state index is 12.8. The predicted octanol–water partition coefficient (Wildman–Crippen LogP) is 5.85. The number of phenols is 1. The Bertz CT molecular complexity index is 1120. The van der Waals surface area contributed by atoms with Crippen LogP contribution < -0.4 is 5.32 Å². The summed E-state index contributed by atoms with van der Waals surface area (Å²) in [6.07, 6.45) is 0. The molecule has 0 aliphatic carbocycles. The van der Waals surface area contributed by atoms with Crippen LogP contribution in [-0.4, -0.2) is 24.9 Å². The lowest BCUT2D eigenvalue weighted by atomic mass is 9.84. The summed E-state index contributed by atoms with van der Waals surface area (Å²) in [5.41, 5.74) is -5.52. The zero-order valence-electron chi connectivity index (χ0n) is 16.3. The lowest BCUT2D eigenvalue weighted by Crippen LogP contribution is -2.23. The van der Waals surface area contributed by atoms with Gasteiger partial charge in [-0.1, -0.05) is 44.0 Å². The van der Waals surface area contributed by atoms with Crippen molar-refractivity contribution in [2.75, 3.05) is 5.32 Å². The van der Waals surface area contributed by atoms with E-state index in [0.717, 1.165) is 12.1 Å². The highest BCUT2D eigenvalue weighted by Gasteiger charge is 2.47. The van der Waals surface area contributed by atoms with E-state index in [0.29, 0.717) is 17.2 Å². The van der Waals surface area contributed by atoms with Crippen molar-refractivity contribution in [2.24, 2.45) is 0 Å². The molecule has 11 heteroatoms. The molecule has 164 valence electrons. The molecule has 2 aromatic rings. The number of carbonyl (C=O) groups excluding carboxylic acids is 1. The third-order valence-electron chi connectivity index (χ3n) is 4.32. The summed E-state index contributed by atoms with van der Waals surface area (Å²) >= 11 is 11.9. The van der Waals surface area contributed by atoms with Crippen LogP contribution in [0.25, 0.3) is 0 Å². The molecule has 5 nitrogen and oxygen atoms in total. The van der Waals surface area contributed by atoms with E-state index in [1.807, 2.05) is 20.8 Å². The first-order valence-corrected chi connectivity index (χ1v) is 10.7. The van der Waals surface area contributed by atoms with Crippen molar-refractivity contribution in [2.45, 2.75) is 43.5 Å². The third kappa shape index (κ3) is 4.53. The van der Waals surface area contributed by atoms with Crippen molar-refractivity contribution in [3.8, 4) is 5.75 Å². The molecule has 2 aromatic carbocycles. The van der Waals surface area contributed by atoms with Crippen molar-refractivity contribution in [1.29, 1.82) is 0 Å². The predicted molar refractivity (Wildman–Crippen MR) is 109 cm³/mol. The number of nitrogens with one attached hydrogen (secondary N) is 1. The van der Waals surface area contributed by atoms with E-state index in [1.54, 1.807) is 6.07 Å². The highest BCUT2D eigenvalue weighted by atomic mass is 35.5. The van der Waals surface area contributed by atoms with Crippen molar-refractivity contribution in [1.82, 2.24) is 0 Å². The molecule has 0 aliphatic heterocycles. The van der Waals surface area contributed by atoms with E-state index >= 15 is 0 Å². The Kier molecular flexibility index (Phi) is 6.43. The number of hydrogen-bond acceptors (Lipinski definition) is 4. The summed E-state index contributed by atoms with van der Waals surface area (Å²) in [5, 5.41) is 12.5. The van der Waals surface area contributed by atoms with E-state index < -0.39 is 36.6 Å². The number of aromatic hydroxyl groups is 1. The van der Waals surface area contributed by atoms with Crippen LogP contribution in [0.3, 0.4) is 0 Å². The van der Waals surface area contributed by atoms with Crippen LogP contribution in [-0.2, 0) is 15.3 Å². The maximum absolute atomic E-state index is 12.8. The summed E-state index contributed by atoms with van der Waals surface area (Å²) in [4.78, 5) is 11.6. The standard InChI is InChI=1S/C19H18Cl2F3NO4S/c1-9-12(20)8-11(18(2,3)4)16(26)15(9)17(27)25-10-5-6-14(13(21)7-10)30(28,29)19(22,23)24/h5-8,26H,1-4H3,(H,25,27). The van der Waals surface area contributed by atoms with E-state index in [2.05, 4.69) is 5.32 Å². The fourth-order valence-corrected chi connectivity index (χ4v) is 4.20.